The van der Waals surface area contributed by atoms with Gasteiger partial charge in [-0.3, -0.25) is 9.59 Å². The predicted molar refractivity (Wildman–Crippen MR) is 88.0 cm³/mol. The van der Waals surface area contributed by atoms with Gasteiger partial charge in [0, 0.05) is 37.6 Å². The van der Waals surface area contributed by atoms with Gasteiger partial charge in [-0.05, 0) is 23.6 Å². The molecule has 2 rings (SSSR count). The number of rotatable bonds is 2. The second-order valence-corrected chi connectivity index (χ2v) is 7.47. The van der Waals surface area contributed by atoms with Gasteiger partial charge in [-0.15, -0.1) is 0 Å². The van der Waals surface area contributed by atoms with Gasteiger partial charge >= 0.3 is 0 Å². The Hall–Kier alpha value is -1.62. The maximum absolute atomic E-state index is 13.8. The Morgan fingerprint density at radius 3 is 2.26 bits per heavy atom. The average Bonchev–Trinajstić information content (AvgIpc) is 2.47. The molecule has 0 unspecified atom stereocenters. The summed E-state index contributed by atoms with van der Waals surface area (Å²) < 4.78 is 13.8. The molecule has 126 valence electrons. The van der Waals surface area contributed by atoms with Crippen molar-refractivity contribution in [1.29, 1.82) is 0 Å². The zero-order valence-corrected chi connectivity index (χ0v) is 14.5. The van der Waals surface area contributed by atoms with Crippen LogP contribution < -0.4 is 0 Å². The molecule has 1 aliphatic rings. The average molecular weight is 341 g/mol. The molecule has 23 heavy (non-hydrogen) atoms. The van der Waals surface area contributed by atoms with E-state index in [0.717, 1.165) is 0 Å². The van der Waals surface area contributed by atoms with Crippen LogP contribution in [0.2, 0.25) is 5.02 Å². The van der Waals surface area contributed by atoms with Crippen LogP contribution >= 0.6 is 11.6 Å². The van der Waals surface area contributed by atoms with Crippen molar-refractivity contribution in [2.45, 2.75) is 27.2 Å². The van der Waals surface area contributed by atoms with E-state index in [4.69, 9.17) is 11.6 Å². The summed E-state index contributed by atoms with van der Waals surface area (Å²) >= 11 is 5.84. The zero-order valence-electron chi connectivity index (χ0n) is 13.7. The first kappa shape index (κ1) is 17.7. The summed E-state index contributed by atoms with van der Waals surface area (Å²) in [6.45, 7) is 7.82. The highest BCUT2D eigenvalue weighted by Crippen LogP contribution is 2.21. The van der Waals surface area contributed by atoms with E-state index in [-0.39, 0.29) is 22.8 Å². The van der Waals surface area contributed by atoms with Crippen LogP contribution in [0.1, 0.15) is 37.6 Å². The van der Waals surface area contributed by atoms with E-state index in [9.17, 15) is 14.0 Å². The maximum atomic E-state index is 13.8. The van der Waals surface area contributed by atoms with E-state index < -0.39 is 5.82 Å². The van der Waals surface area contributed by atoms with Gasteiger partial charge in [0.1, 0.15) is 5.82 Å². The van der Waals surface area contributed by atoms with Crippen molar-refractivity contribution in [2.75, 3.05) is 26.2 Å². The first-order valence-electron chi connectivity index (χ1n) is 7.69. The second kappa shape index (κ2) is 6.87. The second-order valence-electron chi connectivity index (χ2n) is 7.03. The third kappa shape index (κ3) is 4.67. The molecule has 1 fully saturated rings. The summed E-state index contributed by atoms with van der Waals surface area (Å²) in [4.78, 5) is 27.9. The number of amides is 2. The first-order chi connectivity index (χ1) is 10.7. The Morgan fingerprint density at radius 1 is 1.13 bits per heavy atom. The molecular weight excluding hydrogens is 319 g/mol. The van der Waals surface area contributed by atoms with Gasteiger partial charge in [-0.1, -0.05) is 32.4 Å². The minimum Gasteiger partial charge on any atom is -0.339 e. The van der Waals surface area contributed by atoms with Crippen LogP contribution in [0.4, 0.5) is 4.39 Å². The topological polar surface area (TPSA) is 40.6 Å². The molecule has 0 aromatic heterocycles. The highest BCUT2D eigenvalue weighted by Gasteiger charge is 2.28. The van der Waals surface area contributed by atoms with Crippen molar-refractivity contribution < 1.29 is 14.0 Å². The van der Waals surface area contributed by atoms with Gasteiger partial charge in [-0.2, -0.15) is 0 Å². The monoisotopic (exact) mass is 340 g/mol. The van der Waals surface area contributed by atoms with E-state index in [1.165, 1.54) is 18.2 Å². The van der Waals surface area contributed by atoms with Crippen molar-refractivity contribution in [3.05, 3.63) is 34.6 Å². The molecule has 4 nitrogen and oxygen atoms in total. The standard InChI is InChI=1S/C17H22ClFN2O2/c1-17(2,3)11-15(22)20-6-8-21(9-7-20)16(23)13-10-12(18)4-5-14(13)19/h4-5,10H,6-9,11H2,1-3H3. The summed E-state index contributed by atoms with van der Waals surface area (Å²) in [5.74, 6) is -0.864. The van der Waals surface area contributed by atoms with Crippen molar-refractivity contribution in [3.63, 3.8) is 0 Å². The highest BCUT2D eigenvalue weighted by atomic mass is 35.5. The minimum atomic E-state index is -0.578. The lowest BCUT2D eigenvalue weighted by atomic mass is 9.91. The van der Waals surface area contributed by atoms with Crippen LogP contribution in [0.25, 0.3) is 0 Å². The third-order valence-electron chi connectivity index (χ3n) is 3.76. The fraction of sp³-hybridized carbons (Fsp3) is 0.529. The smallest absolute Gasteiger partial charge is 0.257 e. The van der Waals surface area contributed by atoms with Gasteiger partial charge in [0.25, 0.3) is 5.91 Å². The van der Waals surface area contributed by atoms with Crippen molar-refractivity contribution in [1.82, 2.24) is 9.80 Å². The molecule has 2 amide bonds. The molecule has 1 aliphatic heterocycles. The van der Waals surface area contributed by atoms with Crippen molar-refractivity contribution in [2.24, 2.45) is 5.41 Å². The molecule has 0 atom stereocenters. The third-order valence-corrected chi connectivity index (χ3v) is 4.00. The SMILES string of the molecule is CC(C)(C)CC(=O)N1CCN(C(=O)c2cc(Cl)ccc2F)CC1. The van der Waals surface area contributed by atoms with Crippen LogP contribution in [0.3, 0.4) is 0 Å². The molecule has 0 saturated carbocycles. The van der Waals surface area contributed by atoms with Gasteiger partial charge in [0.05, 0.1) is 5.56 Å². The molecule has 1 aromatic rings. The normalized spacial score (nSPS) is 15.7. The summed E-state index contributed by atoms with van der Waals surface area (Å²) in [5, 5.41) is 0.328. The Labute approximate surface area is 141 Å². The lowest BCUT2D eigenvalue weighted by Gasteiger charge is -2.36. The van der Waals surface area contributed by atoms with E-state index in [1.807, 2.05) is 20.8 Å². The van der Waals surface area contributed by atoms with E-state index >= 15 is 0 Å². The molecular formula is C17H22ClFN2O2. The van der Waals surface area contributed by atoms with Gasteiger partial charge in [-0.25, -0.2) is 4.39 Å². The molecule has 1 aromatic carbocycles. The van der Waals surface area contributed by atoms with Crippen molar-refractivity contribution >= 4 is 23.4 Å². The number of carbonyl (C=O) groups is 2. The summed E-state index contributed by atoms with van der Waals surface area (Å²) in [6, 6.07) is 3.95. The lowest BCUT2D eigenvalue weighted by molar-refractivity contribution is -0.134. The van der Waals surface area contributed by atoms with Crippen molar-refractivity contribution in [3.8, 4) is 0 Å². The molecule has 6 heteroatoms. The number of halogens is 2. The van der Waals surface area contributed by atoms with Gasteiger partial charge < -0.3 is 9.80 Å². The predicted octanol–water partition coefficient (Wildman–Crippen LogP) is 3.20. The number of piperazine rings is 1. The van der Waals surface area contributed by atoms with Crippen LogP contribution in [0.15, 0.2) is 18.2 Å². The van der Waals surface area contributed by atoms with Crippen LogP contribution in [0.5, 0.6) is 0 Å². The number of nitrogens with zero attached hydrogens (tertiary/aromatic N) is 2. The molecule has 1 saturated heterocycles. The molecule has 0 spiro atoms. The van der Waals surface area contributed by atoms with Gasteiger partial charge in [0.2, 0.25) is 5.91 Å². The lowest BCUT2D eigenvalue weighted by Crippen LogP contribution is -2.51. The number of benzene rings is 1. The Kier molecular flexibility index (Phi) is 5.30. The Balaban J connectivity index is 1.97. The van der Waals surface area contributed by atoms with E-state index in [1.54, 1.807) is 9.80 Å². The Morgan fingerprint density at radius 2 is 1.70 bits per heavy atom. The Bertz CT molecular complexity index is 605. The largest absolute Gasteiger partial charge is 0.339 e. The molecule has 0 radical (unpaired) electrons. The van der Waals surface area contributed by atoms with Crippen LogP contribution in [-0.4, -0.2) is 47.8 Å². The minimum absolute atomic E-state index is 0.0213. The maximum Gasteiger partial charge on any atom is 0.257 e. The zero-order chi connectivity index (χ0) is 17.2. The number of carbonyl (C=O) groups excluding carboxylic acids is 2. The van der Waals surface area contributed by atoms with E-state index in [2.05, 4.69) is 0 Å². The van der Waals surface area contributed by atoms with Crippen LogP contribution in [-0.2, 0) is 4.79 Å². The summed E-state index contributed by atoms with van der Waals surface area (Å²) in [5.41, 5.74) is -0.0829. The first-order valence-corrected chi connectivity index (χ1v) is 8.07. The van der Waals surface area contributed by atoms with Crippen LogP contribution in [0, 0.1) is 11.2 Å². The molecule has 0 N–H and O–H groups in total. The number of hydrogen-bond acceptors (Lipinski definition) is 2. The fourth-order valence-corrected chi connectivity index (χ4v) is 2.73. The molecule has 0 bridgehead atoms. The quantitative estimate of drug-likeness (QED) is 0.829. The molecule has 1 heterocycles. The summed E-state index contributed by atoms with van der Waals surface area (Å²) in [7, 11) is 0. The number of hydrogen-bond donors (Lipinski definition) is 0. The van der Waals surface area contributed by atoms with E-state index in [0.29, 0.717) is 37.6 Å². The molecule has 0 aliphatic carbocycles. The van der Waals surface area contributed by atoms with Gasteiger partial charge in [0.15, 0.2) is 0 Å². The fourth-order valence-electron chi connectivity index (χ4n) is 2.56. The highest BCUT2D eigenvalue weighted by molar-refractivity contribution is 6.31. The summed E-state index contributed by atoms with van der Waals surface area (Å²) in [6.07, 6.45) is 0.476.